The third kappa shape index (κ3) is 2.52. The van der Waals surface area contributed by atoms with Gasteiger partial charge in [0.15, 0.2) is 0 Å². The first-order valence-corrected chi connectivity index (χ1v) is 8.59. The molecule has 0 aliphatic heterocycles. The summed E-state index contributed by atoms with van der Waals surface area (Å²) in [4.78, 5) is 12.1. The van der Waals surface area contributed by atoms with Gasteiger partial charge < -0.3 is 0 Å². The molecule has 0 amide bonds. The van der Waals surface area contributed by atoms with Crippen molar-refractivity contribution in [2.24, 2.45) is 17.8 Å². The normalized spacial score (nSPS) is 33.4. The van der Waals surface area contributed by atoms with Crippen LogP contribution in [-0.2, 0) is 14.9 Å². The topological polar surface area (TPSA) is 71.4 Å². The van der Waals surface area contributed by atoms with Crippen LogP contribution in [-0.4, -0.2) is 24.5 Å². The Morgan fingerprint density at radius 3 is 2.45 bits per heavy atom. The SMILES string of the molecule is O=C1C[C@H]2CCC1[C@@H](CS(=O)(=O)O)[C@H]2c1ccccc1. The monoisotopic (exact) mass is 294 g/mol. The summed E-state index contributed by atoms with van der Waals surface area (Å²) in [7, 11) is -4.06. The molecule has 1 aromatic rings. The van der Waals surface area contributed by atoms with Gasteiger partial charge in [-0.3, -0.25) is 9.35 Å². The van der Waals surface area contributed by atoms with E-state index < -0.39 is 10.1 Å². The zero-order valence-electron chi connectivity index (χ0n) is 11.1. The molecule has 1 unspecified atom stereocenters. The zero-order valence-corrected chi connectivity index (χ0v) is 11.9. The van der Waals surface area contributed by atoms with E-state index in [4.69, 9.17) is 0 Å². The number of hydrogen-bond donors (Lipinski definition) is 1. The Hall–Kier alpha value is -1.20. The molecule has 3 aliphatic rings. The van der Waals surface area contributed by atoms with Crippen LogP contribution < -0.4 is 0 Å². The number of hydrogen-bond acceptors (Lipinski definition) is 3. The van der Waals surface area contributed by atoms with E-state index in [1.165, 1.54) is 0 Å². The summed E-state index contributed by atoms with van der Waals surface area (Å²) in [5.74, 6) is -0.364. The minimum atomic E-state index is -4.06. The van der Waals surface area contributed by atoms with Crippen LogP contribution in [0.5, 0.6) is 0 Å². The Labute approximate surface area is 118 Å². The Morgan fingerprint density at radius 2 is 1.85 bits per heavy atom. The standard InChI is InChI=1S/C15H18O4S/c16-14-8-11-6-7-12(14)13(9-20(17,18)19)15(11)10-4-2-1-3-5-10/h1-5,11-13,15H,6-9H2,(H,17,18,19)/t11-,12?,13-,15+/m1/s1. The van der Waals surface area contributed by atoms with E-state index in [0.717, 1.165) is 18.4 Å². The van der Waals surface area contributed by atoms with Gasteiger partial charge in [0.25, 0.3) is 10.1 Å². The number of Topliss-reactive ketones (excluding diaryl/α,β-unsaturated/α-hetero) is 1. The highest BCUT2D eigenvalue weighted by Gasteiger charge is 2.49. The summed E-state index contributed by atoms with van der Waals surface area (Å²) < 4.78 is 31.8. The molecule has 0 aromatic heterocycles. The molecule has 1 N–H and O–H groups in total. The maximum Gasteiger partial charge on any atom is 0.265 e. The molecule has 4 nitrogen and oxygen atoms in total. The molecule has 108 valence electrons. The lowest BCUT2D eigenvalue weighted by Gasteiger charge is -2.47. The zero-order chi connectivity index (χ0) is 14.3. The molecule has 4 atom stereocenters. The van der Waals surface area contributed by atoms with E-state index >= 15 is 0 Å². The lowest BCUT2D eigenvalue weighted by molar-refractivity contribution is -0.133. The third-order valence-corrected chi connectivity index (χ3v) is 5.61. The van der Waals surface area contributed by atoms with E-state index in [1.807, 2.05) is 30.3 Å². The maximum atomic E-state index is 12.1. The number of benzene rings is 1. The molecular weight excluding hydrogens is 276 g/mol. The number of ketones is 1. The van der Waals surface area contributed by atoms with Crippen molar-refractivity contribution in [2.45, 2.75) is 25.2 Å². The third-order valence-electron chi connectivity index (χ3n) is 4.80. The highest BCUT2D eigenvalue weighted by molar-refractivity contribution is 7.85. The number of rotatable bonds is 3. The fraction of sp³-hybridized carbons (Fsp3) is 0.533. The van der Waals surface area contributed by atoms with Crippen molar-refractivity contribution in [1.29, 1.82) is 0 Å². The molecule has 20 heavy (non-hydrogen) atoms. The van der Waals surface area contributed by atoms with Crippen LogP contribution in [0.25, 0.3) is 0 Å². The van der Waals surface area contributed by atoms with Gasteiger partial charge in [0.1, 0.15) is 5.78 Å². The van der Waals surface area contributed by atoms with E-state index in [-0.39, 0.29) is 35.2 Å². The van der Waals surface area contributed by atoms with Gasteiger partial charge in [-0.15, -0.1) is 0 Å². The minimum Gasteiger partial charge on any atom is -0.299 e. The van der Waals surface area contributed by atoms with Gasteiger partial charge in [-0.25, -0.2) is 0 Å². The van der Waals surface area contributed by atoms with E-state index in [9.17, 15) is 17.8 Å². The lowest BCUT2D eigenvalue weighted by Crippen LogP contribution is -2.46. The van der Waals surface area contributed by atoms with Crippen LogP contribution in [0.15, 0.2) is 30.3 Å². The van der Waals surface area contributed by atoms with Crippen molar-refractivity contribution in [3.8, 4) is 0 Å². The number of carbonyl (C=O) groups is 1. The van der Waals surface area contributed by atoms with Crippen molar-refractivity contribution >= 4 is 15.9 Å². The molecule has 0 spiro atoms. The number of carbonyl (C=O) groups excluding carboxylic acids is 1. The first-order valence-electron chi connectivity index (χ1n) is 6.98. The molecule has 1 aromatic carbocycles. The van der Waals surface area contributed by atoms with Crippen molar-refractivity contribution in [3.63, 3.8) is 0 Å². The summed E-state index contributed by atoms with van der Waals surface area (Å²) >= 11 is 0. The molecule has 0 saturated heterocycles. The first-order chi connectivity index (χ1) is 9.46. The summed E-state index contributed by atoms with van der Waals surface area (Å²) in [5.41, 5.74) is 1.09. The molecule has 0 heterocycles. The van der Waals surface area contributed by atoms with Crippen LogP contribution in [0.2, 0.25) is 0 Å². The van der Waals surface area contributed by atoms with E-state index in [0.29, 0.717) is 6.42 Å². The largest absolute Gasteiger partial charge is 0.299 e. The predicted octanol–water partition coefficient (Wildman–Crippen LogP) is 2.27. The second kappa shape index (κ2) is 4.97. The van der Waals surface area contributed by atoms with Crippen molar-refractivity contribution < 1.29 is 17.8 Å². The summed E-state index contributed by atoms with van der Waals surface area (Å²) in [6.45, 7) is 0. The Kier molecular flexibility index (Phi) is 3.42. The van der Waals surface area contributed by atoms with Crippen LogP contribution in [0.4, 0.5) is 0 Å². The van der Waals surface area contributed by atoms with Crippen LogP contribution in [0, 0.1) is 17.8 Å². The van der Waals surface area contributed by atoms with Gasteiger partial charge in [-0.05, 0) is 36.2 Å². The fourth-order valence-corrected chi connectivity index (χ4v) is 5.01. The van der Waals surface area contributed by atoms with Crippen molar-refractivity contribution in [3.05, 3.63) is 35.9 Å². The smallest absolute Gasteiger partial charge is 0.265 e. The van der Waals surface area contributed by atoms with Gasteiger partial charge in [0.05, 0.1) is 5.75 Å². The average molecular weight is 294 g/mol. The second-order valence-electron chi connectivity index (χ2n) is 5.96. The predicted molar refractivity (Wildman–Crippen MR) is 74.9 cm³/mol. The van der Waals surface area contributed by atoms with Crippen LogP contribution >= 0.6 is 0 Å². The van der Waals surface area contributed by atoms with E-state index in [2.05, 4.69) is 0 Å². The molecule has 3 aliphatic carbocycles. The molecule has 3 fully saturated rings. The molecular formula is C15H18O4S. The highest BCUT2D eigenvalue weighted by Crippen LogP contribution is 2.52. The molecule has 5 heteroatoms. The quantitative estimate of drug-likeness (QED) is 0.868. The second-order valence-corrected chi connectivity index (χ2v) is 7.46. The summed E-state index contributed by atoms with van der Waals surface area (Å²) in [5, 5.41) is 0. The van der Waals surface area contributed by atoms with Crippen LogP contribution in [0.1, 0.15) is 30.7 Å². The van der Waals surface area contributed by atoms with E-state index in [1.54, 1.807) is 0 Å². The Balaban J connectivity index is 1.99. The summed E-state index contributed by atoms with van der Waals surface area (Å²) in [6.07, 6.45) is 2.27. The maximum absolute atomic E-state index is 12.1. The minimum absolute atomic E-state index is 0.0644. The Morgan fingerprint density at radius 1 is 1.15 bits per heavy atom. The van der Waals surface area contributed by atoms with Gasteiger partial charge in [-0.2, -0.15) is 8.42 Å². The van der Waals surface area contributed by atoms with Gasteiger partial charge in [0.2, 0.25) is 0 Å². The Bertz CT molecular complexity index is 608. The van der Waals surface area contributed by atoms with Crippen molar-refractivity contribution in [2.75, 3.05) is 5.75 Å². The van der Waals surface area contributed by atoms with Gasteiger partial charge >= 0.3 is 0 Å². The van der Waals surface area contributed by atoms with Crippen molar-refractivity contribution in [1.82, 2.24) is 0 Å². The van der Waals surface area contributed by atoms with Gasteiger partial charge in [0, 0.05) is 12.3 Å². The highest BCUT2D eigenvalue weighted by atomic mass is 32.2. The molecule has 0 radical (unpaired) electrons. The number of fused-ring (bicyclic) bond motifs is 3. The lowest BCUT2D eigenvalue weighted by atomic mass is 9.57. The molecule has 3 saturated carbocycles. The van der Waals surface area contributed by atoms with Gasteiger partial charge in [-0.1, -0.05) is 30.3 Å². The summed E-state index contributed by atoms with van der Waals surface area (Å²) in [6, 6.07) is 9.78. The first kappa shape index (κ1) is 13.8. The van der Waals surface area contributed by atoms with Crippen LogP contribution in [0.3, 0.4) is 0 Å². The fourth-order valence-electron chi connectivity index (χ4n) is 4.08. The molecule has 2 bridgehead atoms. The average Bonchev–Trinajstić information content (AvgIpc) is 2.38. The molecule has 4 rings (SSSR count).